The van der Waals surface area contributed by atoms with E-state index in [1.807, 2.05) is 88.4 Å². The molecule has 0 saturated carbocycles. The average molecular weight is 383 g/mol. The summed E-state index contributed by atoms with van der Waals surface area (Å²) < 4.78 is 5.22. The fraction of sp³-hybridized carbons (Fsp3) is 0.391. The Bertz CT molecular complexity index is 754. The van der Waals surface area contributed by atoms with Gasteiger partial charge in [-0.15, -0.1) is 0 Å². The number of ether oxygens (including phenoxy) is 1. The Morgan fingerprint density at radius 3 is 2.11 bits per heavy atom. The van der Waals surface area contributed by atoms with E-state index in [-0.39, 0.29) is 30.5 Å². The van der Waals surface area contributed by atoms with Crippen LogP contribution < -0.4 is 10.6 Å². The van der Waals surface area contributed by atoms with E-state index in [1.54, 1.807) is 0 Å². The Balaban J connectivity index is 1.89. The van der Waals surface area contributed by atoms with Crippen LogP contribution in [0, 0.1) is 5.41 Å². The van der Waals surface area contributed by atoms with Gasteiger partial charge in [-0.25, -0.2) is 0 Å². The SMILES string of the molecule is C[C@H](N[C@@H](C(=O)NCC(=O)OCc1ccccc1)C(C)(C)C)c1ccccc1. The first-order valence-corrected chi connectivity index (χ1v) is 9.55. The molecule has 2 N–H and O–H groups in total. The molecule has 5 nitrogen and oxygen atoms in total. The van der Waals surface area contributed by atoms with Gasteiger partial charge in [-0.1, -0.05) is 81.4 Å². The fourth-order valence-corrected chi connectivity index (χ4v) is 2.86. The topological polar surface area (TPSA) is 67.4 Å². The van der Waals surface area contributed by atoms with Gasteiger partial charge >= 0.3 is 5.97 Å². The zero-order valence-corrected chi connectivity index (χ0v) is 17.1. The molecular weight excluding hydrogens is 352 g/mol. The monoisotopic (exact) mass is 382 g/mol. The Morgan fingerprint density at radius 1 is 0.964 bits per heavy atom. The van der Waals surface area contributed by atoms with E-state index in [0.717, 1.165) is 11.1 Å². The van der Waals surface area contributed by atoms with Crippen LogP contribution in [0.1, 0.15) is 44.9 Å². The summed E-state index contributed by atoms with van der Waals surface area (Å²) >= 11 is 0. The minimum absolute atomic E-state index is 0.00112. The molecule has 0 heterocycles. The normalized spacial score (nSPS) is 13.4. The molecule has 5 heteroatoms. The second kappa shape index (κ2) is 10.0. The zero-order valence-electron chi connectivity index (χ0n) is 17.1. The van der Waals surface area contributed by atoms with Gasteiger partial charge in [-0.3, -0.25) is 14.9 Å². The third kappa shape index (κ3) is 6.82. The lowest BCUT2D eigenvalue weighted by molar-refractivity contribution is -0.145. The lowest BCUT2D eigenvalue weighted by Gasteiger charge is -2.33. The highest BCUT2D eigenvalue weighted by molar-refractivity contribution is 5.86. The quantitative estimate of drug-likeness (QED) is 0.685. The Labute approximate surface area is 167 Å². The van der Waals surface area contributed by atoms with Gasteiger partial charge < -0.3 is 10.1 Å². The van der Waals surface area contributed by atoms with E-state index < -0.39 is 12.0 Å². The molecule has 1 amide bonds. The summed E-state index contributed by atoms with van der Waals surface area (Å²) in [4.78, 5) is 24.7. The summed E-state index contributed by atoms with van der Waals surface area (Å²) in [7, 11) is 0. The number of hydrogen-bond acceptors (Lipinski definition) is 4. The predicted octanol–water partition coefficient (Wildman–Crippen LogP) is 3.61. The van der Waals surface area contributed by atoms with Crippen molar-refractivity contribution in [3.8, 4) is 0 Å². The maximum atomic E-state index is 12.8. The van der Waals surface area contributed by atoms with Crippen LogP contribution in [-0.2, 0) is 20.9 Å². The number of carbonyl (C=O) groups excluding carboxylic acids is 2. The van der Waals surface area contributed by atoms with Crippen LogP contribution in [0.4, 0.5) is 0 Å². The van der Waals surface area contributed by atoms with Crippen LogP contribution in [0.5, 0.6) is 0 Å². The Morgan fingerprint density at radius 2 is 1.54 bits per heavy atom. The van der Waals surface area contributed by atoms with Gasteiger partial charge in [0.15, 0.2) is 0 Å². The number of benzene rings is 2. The number of carbonyl (C=O) groups is 2. The van der Waals surface area contributed by atoms with Crippen molar-refractivity contribution in [3.05, 3.63) is 71.8 Å². The first-order chi connectivity index (χ1) is 13.3. The molecule has 2 aromatic carbocycles. The Kier molecular flexibility index (Phi) is 7.76. The third-order valence-corrected chi connectivity index (χ3v) is 4.49. The first kappa shape index (κ1) is 21.6. The molecule has 2 rings (SSSR count). The summed E-state index contributed by atoms with van der Waals surface area (Å²) in [6.45, 7) is 8.05. The van der Waals surface area contributed by atoms with Crippen LogP contribution in [-0.4, -0.2) is 24.5 Å². The van der Waals surface area contributed by atoms with Crippen LogP contribution >= 0.6 is 0 Å². The minimum atomic E-state index is -0.457. The zero-order chi connectivity index (χ0) is 20.6. The summed E-state index contributed by atoms with van der Waals surface area (Å²) in [5, 5.41) is 6.10. The fourth-order valence-electron chi connectivity index (χ4n) is 2.86. The van der Waals surface area contributed by atoms with Crippen LogP contribution in [0.25, 0.3) is 0 Å². The van der Waals surface area contributed by atoms with Crippen molar-refractivity contribution in [3.63, 3.8) is 0 Å². The van der Waals surface area contributed by atoms with E-state index in [1.165, 1.54) is 0 Å². The van der Waals surface area contributed by atoms with Crippen molar-refractivity contribution < 1.29 is 14.3 Å². The van der Waals surface area contributed by atoms with Gasteiger partial charge in [-0.2, -0.15) is 0 Å². The summed E-state index contributed by atoms with van der Waals surface area (Å²) in [5.74, 6) is -0.673. The average Bonchev–Trinajstić information content (AvgIpc) is 2.69. The van der Waals surface area contributed by atoms with Crippen LogP contribution in [0.3, 0.4) is 0 Å². The predicted molar refractivity (Wildman–Crippen MR) is 110 cm³/mol. The van der Waals surface area contributed by atoms with E-state index in [0.29, 0.717) is 0 Å². The van der Waals surface area contributed by atoms with Gasteiger partial charge in [0.2, 0.25) is 5.91 Å². The molecular formula is C23H30N2O3. The van der Waals surface area contributed by atoms with Gasteiger partial charge in [0, 0.05) is 6.04 Å². The lowest BCUT2D eigenvalue weighted by Crippen LogP contribution is -2.53. The largest absolute Gasteiger partial charge is 0.460 e. The molecule has 0 aromatic heterocycles. The van der Waals surface area contributed by atoms with Gasteiger partial charge in [0.05, 0.1) is 6.04 Å². The van der Waals surface area contributed by atoms with Crippen molar-refractivity contribution in [2.45, 2.75) is 46.4 Å². The molecule has 150 valence electrons. The van der Waals surface area contributed by atoms with Crippen molar-refractivity contribution >= 4 is 11.9 Å². The molecule has 2 atom stereocenters. The molecule has 0 aliphatic carbocycles. The van der Waals surface area contributed by atoms with Crippen molar-refractivity contribution in [2.24, 2.45) is 5.41 Å². The highest BCUT2D eigenvalue weighted by Crippen LogP contribution is 2.23. The van der Waals surface area contributed by atoms with E-state index in [4.69, 9.17) is 4.74 Å². The Hall–Kier alpha value is -2.66. The van der Waals surface area contributed by atoms with Crippen LogP contribution in [0.2, 0.25) is 0 Å². The van der Waals surface area contributed by atoms with Crippen molar-refractivity contribution in [1.29, 1.82) is 0 Å². The molecule has 0 fully saturated rings. The smallest absolute Gasteiger partial charge is 0.325 e. The highest BCUT2D eigenvalue weighted by Gasteiger charge is 2.32. The highest BCUT2D eigenvalue weighted by atomic mass is 16.5. The molecule has 0 unspecified atom stereocenters. The van der Waals surface area contributed by atoms with Gasteiger partial charge in [0.25, 0.3) is 0 Å². The number of nitrogens with one attached hydrogen (secondary N) is 2. The van der Waals surface area contributed by atoms with E-state index in [2.05, 4.69) is 10.6 Å². The molecule has 0 radical (unpaired) electrons. The molecule has 0 saturated heterocycles. The molecule has 28 heavy (non-hydrogen) atoms. The lowest BCUT2D eigenvalue weighted by atomic mass is 9.85. The van der Waals surface area contributed by atoms with E-state index in [9.17, 15) is 9.59 Å². The maximum Gasteiger partial charge on any atom is 0.325 e. The summed E-state index contributed by atoms with van der Waals surface area (Å²) in [5.41, 5.74) is 1.70. The van der Waals surface area contributed by atoms with E-state index >= 15 is 0 Å². The molecule has 2 aromatic rings. The molecule has 0 spiro atoms. The number of esters is 1. The van der Waals surface area contributed by atoms with Crippen LogP contribution in [0.15, 0.2) is 60.7 Å². The number of rotatable bonds is 8. The molecule has 0 aliphatic rings. The molecule has 0 aliphatic heterocycles. The van der Waals surface area contributed by atoms with Crippen molar-refractivity contribution in [2.75, 3.05) is 6.54 Å². The second-order valence-corrected chi connectivity index (χ2v) is 7.96. The second-order valence-electron chi connectivity index (χ2n) is 7.96. The number of hydrogen-bond donors (Lipinski definition) is 2. The first-order valence-electron chi connectivity index (χ1n) is 9.55. The molecule has 0 bridgehead atoms. The minimum Gasteiger partial charge on any atom is -0.460 e. The number of amides is 1. The third-order valence-electron chi connectivity index (χ3n) is 4.49. The maximum absolute atomic E-state index is 12.8. The summed E-state index contributed by atoms with van der Waals surface area (Å²) in [6.07, 6.45) is 0. The van der Waals surface area contributed by atoms with Gasteiger partial charge in [0.1, 0.15) is 13.2 Å². The van der Waals surface area contributed by atoms with Crippen molar-refractivity contribution in [1.82, 2.24) is 10.6 Å². The standard InChI is InChI=1S/C23H30N2O3/c1-17(19-13-9-6-10-14-19)25-21(23(2,3)4)22(27)24-15-20(26)28-16-18-11-7-5-8-12-18/h5-14,17,21,25H,15-16H2,1-4H3,(H,24,27)/t17-,21-/m0/s1. The summed E-state index contributed by atoms with van der Waals surface area (Å²) in [6, 6.07) is 19.0. The van der Waals surface area contributed by atoms with Gasteiger partial charge in [-0.05, 0) is 23.5 Å².